The Morgan fingerprint density at radius 3 is 2.04 bits per heavy atom. The van der Waals surface area contributed by atoms with Gasteiger partial charge in [0.1, 0.15) is 0 Å². The van der Waals surface area contributed by atoms with Crippen molar-refractivity contribution in [3.63, 3.8) is 0 Å². The molecule has 0 saturated carbocycles. The van der Waals surface area contributed by atoms with Crippen molar-refractivity contribution in [2.24, 2.45) is 0 Å². The fourth-order valence-corrected chi connectivity index (χ4v) is 2.99. The van der Waals surface area contributed by atoms with E-state index in [1.807, 2.05) is 12.1 Å². The van der Waals surface area contributed by atoms with Crippen molar-refractivity contribution in [1.29, 1.82) is 0 Å². The number of hydrogen-bond donors (Lipinski definition) is 1. The summed E-state index contributed by atoms with van der Waals surface area (Å²) in [5, 5.41) is 3.14. The maximum atomic E-state index is 12.6. The fourth-order valence-electron chi connectivity index (χ4n) is 2.99. The van der Waals surface area contributed by atoms with Crippen LogP contribution in [0.5, 0.6) is 0 Å². The van der Waals surface area contributed by atoms with Crippen LogP contribution < -0.4 is 5.32 Å². The Hall–Kier alpha value is -2.96. The van der Waals surface area contributed by atoms with E-state index in [2.05, 4.69) is 41.3 Å². The number of carbonyl (C=O) groups is 2. The zero-order chi connectivity index (χ0) is 19.4. The number of rotatable bonds is 4. The molecular formula is C20H25N5O2. The Balaban J connectivity index is 1.60. The lowest BCUT2D eigenvalue weighted by molar-refractivity contribution is -0.130. The highest BCUT2D eigenvalue weighted by molar-refractivity contribution is 5.94. The van der Waals surface area contributed by atoms with Crippen molar-refractivity contribution < 1.29 is 9.59 Å². The first-order chi connectivity index (χ1) is 12.9. The summed E-state index contributed by atoms with van der Waals surface area (Å²) in [6.07, 6.45) is 3.08. The van der Waals surface area contributed by atoms with Gasteiger partial charge in [0.25, 0.3) is 5.91 Å². The first kappa shape index (κ1) is 18.8. The van der Waals surface area contributed by atoms with E-state index < -0.39 is 0 Å². The van der Waals surface area contributed by atoms with Gasteiger partial charge in [-0.1, -0.05) is 26.0 Å². The molecule has 0 aliphatic carbocycles. The zero-order valence-electron chi connectivity index (χ0n) is 16.0. The smallest absolute Gasteiger partial charge is 0.257 e. The van der Waals surface area contributed by atoms with E-state index in [-0.39, 0.29) is 11.8 Å². The molecule has 1 aliphatic heterocycles. The van der Waals surface area contributed by atoms with Crippen molar-refractivity contribution in [3.8, 4) is 0 Å². The molecule has 7 heteroatoms. The van der Waals surface area contributed by atoms with Gasteiger partial charge in [-0.3, -0.25) is 9.59 Å². The Morgan fingerprint density at radius 1 is 0.963 bits per heavy atom. The van der Waals surface area contributed by atoms with Gasteiger partial charge in [-0.05, 0) is 23.6 Å². The third kappa shape index (κ3) is 4.61. The van der Waals surface area contributed by atoms with Gasteiger partial charge in [0.2, 0.25) is 11.9 Å². The lowest BCUT2D eigenvalue weighted by Gasteiger charge is -2.34. The van der Waals surface area contributed by atoms with Crippen LogP contribution in [0.1, 0.15) is 42.6 Å². The molecule has 1 fully saturated rings. The Bertz CT molecular complexity index is 794. The highest BCUT2D eigenvalue weighted by atomic mass is 16.2. The Morgan fingerprint density at radius 2 is 1.52 bits per heavy atom. The molecule has 2 amide bonds. The normalized spacial score (nSPS) is 14.4. The summed E-state index contributed by atoms with van der Waals surface area (Å²) < 4.78 is 0. The topological polar surface area (TPSA) is 78.4 Å². The predicted molar refractivity (Wildman–Crippen MR) is 104 cm³/mol. The summed E-state index contributed by atoms with van der Waals surface area (Å²) in [7, 11) is 0. The van der Waals surface area contributed by atoms with Crippen LogP contribution in [0, 0.1) is 0 Å². The van der Waals surface area contributed by atoms with Crippen LogP contribution in [0.4, 0.5) is 11.6 Å². The number of benzene rings is 1. The first-order valence-corrected chi connectivity index (χ1v) is 9.18. The number of amides is 2. The molecule has 0 radical (unpaired) electrons. The minimum Gasteiger partial charge on any atom is -0.339 e. The molecule has 1 aromatic carbocycles. The number of piperazine rings is 1. The zero-order valence-corrected chi connectivity index (χ0v) is 16.0. The molecule has 0 unspecified atom stereocenters. The summed E-state index contributed by atoms with van der Waals surface area (Å²) in [4.78, 5) is 35.9. The molecule has 0 bridgehead atoms. The molecule has 1 aromatic heterocycles. The summed E-state index contributed by atoms with van der Waals surface area (Å²) in [5.74, 6) is 0.872. The molecule has 3 rings (SSSR count). The molecule has 1 aliphatic rings. The number of hydrogen-bond acceptors (Lipinski definition) is 5. The van der Waals surface area contributed by atoms with Gasteiger partial charge < -0.3 is 15.1 Å². The van der Waals surface area contributed by atoms with E-state index >= 15 is 0 Å². The second-order valence-corrected chi connectivity index (χ2v) is 7.00. The van der Waals surface area contributed by atoms with Crippen LogP contribution in [0.3, 0.4) is 0 Å². The van der Waals surface area contributed by atoms with E-state index in [9.17, 15) is 9.59 Å². The quantitative estimate of drug-likeness (QED) is 0.899. The number of anilines is 2. The molecule has 2 heterocycles. The molecular weight excluding hydrogens is 342 g/mol. The highest BCUT2D eigenvalue weighted by Gasteiger charge is 2.23. The molecule has 1 saturated heterocycles. The molecule has 2 aromatic rings. The van der Waals surface area contributed by atoms with E-state index in [4.69, 9.17) is 0 Å². The maximum absolute atomic E-state index is 12.6. The van der Waals surface area contributed by atoms with Gasteiger partial charge >= 0.3 is 0 Å². The van der Waals surface area contributed by atoms with Crippen LogP contribution in [-0.2, 0) is 4.79 Å². The molecule has 0 atom stereocenters. The third-order valence-electron chi connectivity index (χ3n) is 4.74. The van der Waals surface area contributed by atoms with Crippen molar-refractivity contribution in [2.45, 2.75) is 26.7 Å². The number of carbonyl (C=O) groups excluding carboxylic acids is 2. The first-order valence-electron chi connectivity index (χ1n) is 9.18. The molecule has 1 N–H and O–H groups in total. The average molecular weight is 367 g/mol. The molecule has 0 spiro atoms. The lowest BCUT2D eigenvalue weighted by atomic mass is 10.0. The SMILES string of the molecule is CC(=O)N1CCN(C(=O)c2cnc(Nc3ccc(C(C)C)cc3)nc2)CC1. The van der Waals surface area contributed by atoms with Crippen LogP contribution in [0.25, 0.3) is 0 Å². The Labute approximate surface area is 159 Å². The summed E-state index contributed by atoms with van der Waals surface area (Å²) in [5.41, 5.74) is 2.62. The largest absolute Gasteiger partial charge is 0.339 e. The average Bonchev–Trinajstić information content (AvgIpc) is 2.68. The molecule has 27 heavy (non-hydrogen) atoms. The van der Waals surface area contributed by atoms with Crippen molar-refractivity contribution in [2.75, 3.05) is 31.5 Å². The second-order valence-electron chi connectivity index (χ2n) is 7.00. The van der Waals surface area contributed by atoms with Crippen LogP contribution in [0.15, 0.2) is 36.7 Å². The standard InChI is InChI=1S/C20H25N5O2/c1-14(2)16-4-6-18(7-5-16)23-20-21-12-17(13-22-20)19(27)25-10-8-24(9-11-25)15(3)26/h4-7,12-14H,8-11H2,1-3H3,(H,21,22,23). The highest BCUT2D eigenvalue weighted by Crippen LogP contribution is 2.19. The minimum atomic E-state index is -0.106. The van der Waals surface area contributed by atoms with Crippen molar-refractivity contribution >= 4 is 23.5 Å². The molecule has 142 valence electrons. The van der Waals surface area contributed by atoms with Gasteiger partial charge in [-0.15, -0.1) is 0 Å². The van der Waals surface area contributed by atoms with E-state index in [1.54, 1.807) is 16.7 Å². The second kappa shape index (κ2) is 8.16. The van der Waals surface area contributed by atoms with E-state index in [1.165, 1.54) is 18.0 Å². The van der Waals surface area contributed by atoms with Gasteiger partial charge in [0, 0.05) is 51.2 Å². The monoisotopic (exact) mass is 367 g/mol. The summed E-state index contributed by atoms with van der Waals surface area (Å²) in [6, 6.07) is 8.13. The minimum absolute atomic E-state index is 0.0438. The van der Waals surface area contributed by atoms with Gasteiger partial charge in [-0.2, -0.15) is 0 Å². The fraction of sp³-hybridized carbons (Fsp3) is 0.400. The predicted octanol–water partition coefficient (Wildman–Crippen LogP) is 2.65. The summed E-state index contributed by atoms with van der Waals surface area (Å²) in [6.45, 7) is 8.04. The number of nitrogens with one attached hydrogen (secondary N) is 1. The summed E-state index contributed by atoms with van der Waals surface area (Å²) >= 11 is 0. The van der Waals surface area contributed by atoms with Crippen LogP contribution >= 0.6 is 0 Å². The van der Waals surface area contributed by atoms with Gasteiger partial charge in [-0.25, -0.2) is 9.97 Å². The van der Waals surface area contributed by atoms with Crippen molar-refractivity contribution in [1.82, 2.24) is 19.8 Å². The van der Waals surface area contributed by atoms with E-state index in [0.717, 1.165) is 5.69 Å². The van der Waals surface area contributed by atoms with Gasteiger partial charge in [0.05, 0.1) is 5.56 Å². The van der Waals surface area contributed by atoms with Gasteiger partial charge in [0.15, 0.2) is 0 Å². The number of aromatic nitrogens is 2. The number of nitrogens with zero attached hydrogens (tertiary/aromatic N) is 4. The molecule has 7 nitrogen and oxygen atoms in total. The Kier molecular flexibility index (Phi) is 5.69. The third-order valence-corrected chi connectivity index (χ3v) is 4.74. The van der Waals surface area contributed by atoms with Crippen LogP contribution in [0.2, 0.25) is 0 Å². The van der Waals surface area contributed by atoms with Crippen LogP contribution in [-0.4, -0.2) is 57.8 Å². The van der Waals surface area contributed by atoms with Crippen molar-refractivity contribution in [3.05, 3.63) is 47.8 Å². The maximum Gasteiger partial charge on any atom is 0.257 e. The lowest BCUT2D eigenvalue weighted by Crippen LogP contribution is -2.50. The van der Waals surface area contributed by atoms with E-state index in [0.29, 0.717) is 43.6 Å².